The minimum Gasteiger partial charge on any atom is -0.486 e. The smallest absolute Gasteiger partial charge is 0.291 e. The second-order valence-electron chi connectivity index (χ2n) is 7.61. The van der Waals surface area contributed by atoms with Gasteiger partial charge in [0.15, 0.2) is 17.3 Å². The molecule has 1 unspecified atom stereocenters. The number of nitrogens with zero attached hydrogens (tertiary/aromatic N) is 1. The highest BCUT2D eigenvalue weighted by molar-refractivity contribution is 7.18. The molecule has 0 saturated carbocycles. The van der Waals surface area contributed by atoms with Gasteiger partial charge < -0.3 is 24.1 Å². The largest absolute Gasteiger partial charge is 0.486 e. The molecule has 1 N–H and O–H groups in total. The van der Waals surface area contributed by atoms with Gasteiger partial charge in [-0.1, -0.05) is 6.07 Å². The summed E-state index contributed by atoms with van der Waals surface area (Å²) < 4.78 is 16.5. The Hall–Kier alpha value is -3.26. The van der Waals surface area contributed by atoms with Gasteiger partial charge in [0.1, 0.15) is 13.2 Å². The van der Waals surface area contributed by atoms with Crippen molar-refractivity contribution in [2.45, 2.75) is 25.8 Å². The van der Waals surface area contributed by atoms with Gasteiger partial charge in [0, 0.05) is 6.54 Å². The summed E-state index contributed by atoms with van der Waals surface area (Å²) in [6.07, 6.45) is 3.30. The number of hydrogen-bond donors (Lipinski definition) is 1. The molecule has 1 fully saturated rings. The normalized spacial score (nSPS) is 17.6. The number of carbonyl (C=O) groups is 2. The van der Waals surface area contributed by atoms with E-state index < -0.39 is 0 Å². The van der Waals surface area contributed by atoms with E-state index in [-0.39, 0.29) is 23.6 Å². The van der Waals surface area contributed by atoms with E-state index in [1.54, 1.807) is 12.1 Å². The lowest BCUT2D eigenvalue weighted by molar-refractivity contribution is 0.0739. The molecule has 4 heterocycles. The summed E-state index contributed by atoms with van der Waals surface area (Å²) >= 11 is 1.29. The molecule has 0 bridgehead atoms. The number of benzene rings is 1. The Balaban J connectivity index is 1.36. The summed E-state index contributed by atoms with van der Waals surface area (Å²) in [5.41, 5.74) is 1.90. The highest BCUT2D eigenvalue weighted by Crippen LogP contribution is 2.40. The lowest BCUT2D eigenvalue weighted by atomic mass is 10.0. The van der Waals surface area contributed by atoms with Crippen LogP contribution in [-0.4, -0.2) is 36.5 Å². The quantitative estimate of drug-likeness (QED) is 0.641. The number of fused-ring (bicyclic) bond motifs is 1. The van der Waals surface area contributed by atoms with Crippen molar-refractivity contribution < 1.29 is 23.5 Å². The first kappa shape index (κ1) is 19.7. The number of thiophene rings is 1. The third-order valence-electron chi connectivity index (χ3n) is 5.56. The van der Waals surface area contributed by atoms with Gasteiger partial charge in [-0.25, -0.2) is 0 Å². The molecule has 2 aliphatic rings. The number of nitrogens with one attached hydrogen (secondary N) is 1. The van der Waals surface area contributed by atoms with Crippen LogP contribution in [0.5, 0.6) is 11.5 Å². The van der Waals surface area contributed by atoms with Crippen LogP contribution in [0.25, 0.3) is 0 Å². The molecule has 160 valence electrons. The summed E-state index contributed by atoms with van der Waals surface area (Å²) in [4.78, 5) is 28.2. The molecule has 8 heteroatoms. The fraction of sp³-hybridized carbons (Fsp3) is 0.304. The number of amides is 2. The van der Waals surface area contributed by atoms with Crippen molar-refractivity contribution in [3.8, 4) is 11.5 Å². The van der Waals surface area contributed by atoms with Crippen molar-refractivity contribution in [2.75, 3.05) is 25.1 Å². The average molecular weight is 439 g/mol. The van der Waals surface area contributed by atoms with Crippen LogP contribution in [0.3, 0.4) is 0 Å². The van der Waals surface area contributed by atoms with Gasteiger partial charge >= 0.3 is 0 Å². The lowest BCUT2D eigenvalue weighted by Gasteiger charge is -2.26. The number of hydrogen-bond acceptors (Lipinski definition) is 6. The molecule has 0 spiro atoms. The molecule has 3 aromatic rings. The van der Waals surface area contributed by atoms with Crippen LogP contribution in [-0.2, 0) is 0 Å². The van der Waals surface area contributed by atoms with Gasteiger partial charge in [-0.3, -0.25) is 9.59 Å². The second-order valence-corrected chi connectivity index (χ2v) is 8.67. The number of furan rings is 1. The first-order valence-corrected chi connectivity index (χ1v) is 11.1. The monoisotopic (exact) mass is 438 g/mol. The van der Waals surface area contributed by atoms with Crippen LogP contribution in [0.1, 0.15) is 50.2 Å². The van der Waals surface area contributed by atoms with Crippen molar-refractivity contribution in [3.05, 3.63) is 64.4 Å². The maximum Gasteiger partial charge on any atom is 0.291 e. The zero-order chi connectivity index (χ0) is 21.4. The van der Waals surface area contributed by atoms with E-state index in [9.17, 15) is 9.59 Å². The molecular weight excluding hydrogens is 416 g/mol. The molecule has 1 atom stereocenters. The Morgan fingerprint density at radius 1 is 1.13 bits per heavy atom. The summed E-state index contributed by atoms with van der Waals surface area (Å²) in [5, 5.41) is 3.44. The van der Waals surface area contributed by atoms with Crippen LogP contribution in [0.4, 0.5) is 5.00 Å². The van der Waals surface area contributed by atoms with Crippen molar-refractivity contribution >= 4 is 28.2 Å². The summed E-state index contributed by atoms with van der Waals surface area (Å²) in [7, 11) is 0. The van der Waals surface area contributed by atoms with Gasteiger partial charge in [-0.2, -0.15) is 0 Å². The van der Waals surface area contributed by atoms with Gasteiger partial charge in [-0.05, 0) is 61.2 Å². The minimum absolute atomic E-state index is 0.00835. The first-order valence-electron chi connectivity index (χ1n) is 10.3. The summed E-state index contributed by atoms with van der Waals surface area (Å²) in [5.74, 6) is 1.37. The van der Waals surface area contributed by atoms with E-state index >= 15 is 0 Å². The fourth-order valence-corrected chi connectivity index (χ4v) is 5.12. The number of likely N-dealkylation sites (tertiary alicyclic amines) is 1. The van der Waals surface area contributed by atoms with E-state index in [1.807, 2.05) is 36.1 Å². The van der Waals surface area contributed by atoms with Crippen LogP contribution in [0.2, 0.25) is 0 Å². The highest BCUT2D eigenvalue weighted by atomic mass is 32.1. The van der Waals surface area contributed by atoms with E-state index in [4.69, 9.17) is 13.9 Å². The van der Waals surface area contributed by atoms with Gasteiger partial charge in [0.05, 0.1) is 22.2 Å². The van der Waals surface area contributed by atoms with E-state index in [0.717, 1.165) is 35.5 Å². The Morgan fingerprint density at radius 3 is 2.77 bits per heavy atom. The Labute approximate surface area is 183 Å². The van der Waals surface area contributed by atoms with Crippen LogP contribution < -0.4 is 14.8 Å². The van der Waals surface area contributed by atoms with Gasteiger partial charge in [0.2, 0.25) is 0 Å². The van der Waals surface area contributed by atoms with Crippen molar-refractivity contribution in [2.24, 2.45) is 0 Å². The first-order chi connectivity index (χ1) is 15.1. The number of aryl methyl sites for hydroxylation is 1. The number of ether oxygens (including phenoxy) is 2. The standard InChI is InChI=1S/C23H22N2O5S/c1-14-12-20(24-22(26)18-5-3-9-28-18)31-21(14)23(27)25-8-2-4-16(25)15-6-7-17-19(13-15)30-11-10-29-17/h3,5-7,9,12-13,16H,2,4,8,10-11H2,1H3,(H,24,26). The van der Waals surface area contributed by atoms with Crippen LogP contribution in [0.15, 0.2) is 47.1 Å². The highest BCUT2D eigenvalue weighted by Gasteiger charge is 2.33. The fourth-order valence-electron chi connectivity index (χ4n) is 4.09. The van der Waals surface area contributed by atoms with E-state index in [0.29, 0.717) is 29.6 Å². The zero-order valence-electron chi connectivity index (χ0n) is 17.1. The molecule has 0 aliphatic carbocycles. The maximum absolute atomic E-state index is 13.4. The van der Waals surface area contributed by atoms with Crippen molar-refractivity contribution in [1.82, 2.24) is 4.90 Å². The van der Waals surface area contributed by atoms with Crippen LogP contribution in [0, 0.1) is 6.92 Å². The van der Waals surface area contributed by atoms with Crippen molar-refractivity contribution in [1.29, 1.82) is 0 Å². The molecule has 2 aliphatic heterocycles. The van der Waals surface area contributed by atoms with E-state index in [1.165, 1.54) is 17.6 Å². The molecule has 0 radical (unpaired) electrons. The van der Waals surface area contributed by atoms with Crippen LogP contribution >= 0.6 is 11.3 Å². The molecular formula is C23H22N2O5S. The molecule has 2 aromatic heterocycles. The third kappa shape index (κ3) is 3.79. The average Bonchev–Trinajstić information content (AvgIpc) is 3.54. The maximum atomic E-state index is 13.4. The summed E-state index contributed by atoms with van der Waals surface area (Å²) in [6.45, 7) is 3.67. The molecule has 1 aromatic carbocycles. The Morgan fingerprint density at radius 2 is 1.97 bits per heavy atom. The SMILES string of the molecule is Cc1cc(NC(=O)c2ccco2)sc1C(=O)N1CCCC1c1ccc2c(c1)OCCO2. The van der Waals surface area contributed by atoms with Crippen molar-refractivity contribution in [3.63, 3.8) is 0 Å². The lowest BCUT2D eigenvalue weighted by Crippen LogP contribution is -2.30. The predicted molar refractivity (Wildman–Crippen MR) is 116 cm³/mol. The van der Waals surface area contributed by atoms with Gasteiger partial charge in [0.25, 0.3) is 11.8 Å². The molecule has 31 heavy (non-hydrogen) atoms. The number of rotatable bonds is 4. The second kappa shape index (κ2) is 8.11. The molecule has 7 nitrogen and oxygen atoms in total. The van der Waals surface area contributed by atoms with Gasteiger partial charge in [-0.15, -0.1) is 11.3 Å². The number of carbonyl (C=O) groups excluding carboxylic acids is 2. The molecule has 5 rings (SSSR count). The summed E-state index contributed by atoms with van der Waals surface area (Å²) in [6, 6.07) is 11.0. The Kier molecular flexibility index (Phi) is 5.15. The molecule has 2 amide bonds. The topological polar surface area (TPSA) is 81.0 Å². The predicted octanol–water partition coefficient (Wildman–Crippen LogP) is 4.65. The number of anilines is 1. The molecule has 1 saturated heterocycles. The minimum atomic E-state index is -0.333. The van der Waals surface area contributed by atoms with E-state index in [2.05, 4.69) is 5.32 Å². The zero-order valence-corrected chi connectivity index (χ0v) is 17.9. The Bertz CT molecular complexity index is 1120. The third-order valence-corrected chi connectivity index (χ3v) is 6.70.